The number of aryl methyl sites for hydroxylation is 1. The third-order valence-corrected chi connectivity index (χ3v) is 5.96. The number of carbonyl (C=O) groups is 2. The molecule has 2 amide bonds. The van der Waals surface area contributed by atoms with Crippen molar-refractivity contribution in [2.24, 2.45) is 0 Å². The van der Waals surface area contributed by atoms with Crippen LogP contribution in [-0.2, 0) is 6.42 Å². The van der Waals surface area contributed by atoms with Crippen LogP contribution >= 0.6 is 11.3 Å². The van der Waals surface area contributed by atoms with Gasteiger partial charge in [0.25, 0.3) is 11.8 Å². The lowest BCUT2D eigenvalue weighted by molar-refractivity contribution is 0.0948. The number of hydrogen-bond acceptors (Lipinski definition) is 6. The highest BCUT2D eigenvalue weighted by molar-refractivity contribution is 7.18. The zero-order chi connectivity index (χ0) is 22.0. The Morgan fingerprint density at radius 2 is 2.03 bits per heavy atom. The fourth-order valence-electron chi connectivity index (χ4n) is 3.46. The summed E-state index contributed by atoms with van der Waals surface area (Å²) in [5, 5.41) is 6.19. The summed E-state index contributed by atoms with van der Waals surface area (Å²) in [6.07, 6.45) is 2.28. The van der Waals surface area contributed by atoms with Crippen molar-refractivity contribution in [2.45, 2.75) is 32.8 Å². The van der Waals surface area contributed by atoms with Crippen molar-refractivity contribution in [3.63, 3.8) is 0 Å². The third-order valence-electron chi connectivity index (χ3n) is 4.81. The van der Waals surface area contributed by atoms with Crippen LogP contribution in [0.25, 0.3) is 0 Å². The molecule has 0 aliphatic carbocycles. The summed E-state index contributed by atoms with van der Waals surface area (Å²) < 4.78 is 16.9. The van der Waals surface area contributed by atoms with Gasteiger partial charge in [0.1, 0.15) is 12.2 Å². The van der Waals surface area contributed by atoms with Crippen LogP contribution in [0, 0.1) is 6.92 Å². The molecular weight excluding hydrogens is 416 g/mol. The summed E-state index contributed by atoms with van der Waals surface area (Å²) in [5.74, 6) is 1.12. The van der Waals surface area contributed by atoms with Crippen LogP contribution in [0.1, 0.15) is 45.2 Å². The first-order chi connectivity index (χ1) is 14.8. The molecule has 0 saturated carbocycles. The van der Waals surface area contributed by atoms with Gasteiger partial charge in [-0.15, -0.1) is 11.3 Å². The Morgan fingerprint density at radius 3 is 2.81 bits per heavy atom. The van der Waals surface area contributed by atoms with Crippen molar-refractivity contribution >= 4 is 28.2 Å². The van der Waals surface area contributed by atoms with Gasteiger partial charge in [-0.2, -0.15) is 0 Å². The molecule has 2 aromatic heterocycles. The third kappa shape index (κ3) is 4.74. The van der Waals surface area contributed by atoms with Crippen molar-refractivity contribution in [2.75, 3.05) is 18.5 Å². The van der Waals surface area contributed by atoms with E-state index in [-0.39, 0.29) is 23.2 Å². The van der Waals surface area contributed by atoms with E-state index >= 15 is 0 Å². The Morgan fingerprint density at radius 1 is 1.19 bits per heavy atom. The minimum atomic E-state index is -0.354. The van der Waals surface area contributed by atoms with E-state index in [2.05, 4.69) is 10.6 Å². The predicted molar refractivity (Wildman–Crippen MR) is 118 cm³/mol. The van der Waals surface area contributed by atoms with Gasteiger partial charge in [0, 0.05) is 12.0 Å². The molecule has 0 radical (unpaired) electrons. The molecule has 1 aromatic carbocycles. The monoisotopic (exact) mass is 440 g/mol. The minimum Gasteiger partial charge on any atom is -0.488 e. The second-order valence-electron chi connectivity index (χ2n) is 7.94. The Balaban J connectivity index is 1.30. The molecule has 0 fully saturated rings. The number of benzene rings is 1. The van der Waals surface area contributed by atoms with Gasteiger partial charge < -0.3 is 24.5 Å². The summed E-state index contributed by atoms with van der Waals surface area (Å²) in [6.45, 7) is 6.59. The quantitative estimate of drug-likeness (QED) is 0.531. The van der Waals surface area contributed by atoms with E-state index in [1.54, 1.807) is 18.2 Å². The highest BCUT2D eigenvalue weighted by Crippen LogP contribution is 2.41. The molecule has 0 atom stereocenters. The zero-order valence-corrected chi connectivity index (χ0v) is 18.4. The largest absolute Gasteiger partial charge is 0.488 e. The van der Waals surface area contributed by atoms with Crippen molar-refractivity contribution in [1.82, 2.24) is 5.32 Å². The molecule has 2 N–H and O–H groups in total. The molecule has 0 unspecified atom stereocenters. The number of furan rings is 1. The van der Waals surface area contributed by atoms with Crippen LogP contribution in [0.5, 0.6) is 11.5 Å². The maximum atomic E-state index is 12.6. The molecule has 3 aromatic rings. The molecule has 162 valence electrons. The first kappa shape index (κ1) is 21.0. The first-order valence-corrected chi connectivity index (χ1v) is 10.8. The van der Waals surface area contributed by atoms with Crippen molar-refractivity contribution in [3.05, 3.63) is 64.4 Å². The van der Waals surface area contributed by atoms with E-state index < -0.39 is 0 Å². The lowest BCUT2D eigenvalue weighted by Gasteiger charge is -2.18. The number of hydrogen-bond donors (Lipinski definition) is 2. The van der Waals surface area contributed by atoms with Gasteiger partial charge in [0.15, 0.2) is 17.3 Å². The normalized spacial score (nSPS) is 13.9. The zero-order valence-electron chi connectivity index (χ0n) is 17.6. The number of para-hydroxylation sites is 1. The Labute approximate surface area is 184 Å². The van der Waals surface area contributed by atoms with Crippen LogP contribution in [0.15, 0.2) is 47.1 Å². The summed E-state index contributed by atoms with van der Waals surface area (Å²) in [5.41, 5.74) is 1.68. The second-order valence-corrected chi connectivity index (χ2v) is 8.99. The maximum Gasteiger partial charge on any atom is 0.291 e. The molecule has 7 nitrogen and oxygen atoms in total. The standard InChI is InChI=1S/C23H24N2O5S/c1-14-12-18(25-21(26)17-8-5-10-28-17)31-20(14)22(27)24-9-11-29-16-7-4-6-15-13-23(2,3)30-19(15)16/h4-8,10,12H,9,11,13H2,1-3H3,(H,24,27)(H,25,26). The predicted octanol–water partition coefficient (Wildman–Crippen LogP) is 4.42. The van der Waals surface area contributed by atoms with E-state index in [1.165, 1.54) is 17.6 Å². The first-order valence-electron chi connectivity index (χ1n) is 9.99. The molecule has 8 heteroatoms. The van der Waals surface area contributed by atoms with Gasteiger partial charge in [-0.3, -0.25) is 9.59 Å². The molecule has 0 saturated heterocycles. The van der Waals surface area contributed by atoms with Gasteiger partial charge in [-0.25, -0.2) is 0 Å². The second kappa shape index (κ2) is 8.47. The summed E-state index contributed by atoms with van der Waals surface area (Å²) in [4.78, 5) is 25.2. The van der Waals surface area contributed by atoms with Crippen LogP contribution in [0.3, 0.4) is 0 Å². The summed E-state index contributed by atoms with van der Waals surface area (Å²) in [6, 6.07) is 10.9. The van der Waals surface area contributed by atoms with Crippen LogP contribution < -0.4 is 20.1 Å². The van der Waals surface area contributed by atoms with E-state index in [9.17, 15) is 9.59 Å². The Kier molecular flexibility index (Phi) is 5.73. The molecule has 1 aliphatic rings. The number of ether oxygens (including phenoxy) is 2. The van der Waals surface area contributed by atoms with Crippen molar-refractivity contribution < 1.29 is 23.5 Å². The number of rotatable bonds is 7. The fraction of sp³-hybridized carbons (Fsp3) is 0.304. The number of thiophene rings is 1. The molecule has 1 aliphatic heterocycles. The molecule has 0 bridgehead atoms. The molecule has 0 spiro atoms. The van der Waals surface area contributed by atoms with E-state index in [1.807, 2.05) is 39.0 Å². The van der Waals surface area contributed by atoms with Crippen LogP contribution in [-0.4, -0.2) is 30.6 Å². The molecule has 31 heavy (non-hydrogen) atoms. The van der Waals surface area contributed by atoms with E-state index in [4.69, 9.17) is 13.9 Å². The van der Waals surface area contributed by atoms with Crippen LogP contribution in [0.4, 0.5) is 5.00 Å². The Hall–Kier alpha value is -3.26. The van der Waals surface area contributed by atoms with Crippen LogP contribution in [0.2, 0.25) is 0 Å². The van der Waals surface area contributed by atoms with Crippen molar-refractivity contribution in [1.29, 1.82) is 0 Å². The summed E-state index contributed by atoms with van der Waals surface area (Å²) >= 11 is 1.22. The highest BCUT2D eigenvalue weighted by Gasteiger charge is 2.32. The fourth-order valence-corrected chi connectivity index (χ4v) is 4.44. The summed E-state index contributed by atoms with van der Waals surface area (Å²) in [7, 11) is 0. The van der Waals surface area contributed by atoms with Gasteiger partial charge in [-0.05, 0) is 50.6 Å². The van der Waals surface area contributed by atoms with Gasteiger partial charge in [0.05, 0.1) is 22.7 Å². The highest BCUT2D eigenvalue weighted by atomic mass is 32.1. The van der Waals surface area contributed by atoms with E-state index in [0.717, 1.165) is 23.3 Å². The average molecular weight is 441 g/mol. The number of amides is 2. The van der Waals surface area contributed by atoms with Gasteiger partial charge in [-0.1, -0.05) is 12.1 Å². The average Bonchev–Trinajstić information content (AvgIpc) is 3.43. The number of nitrogens with one attached hydrogen (secondary N) is 2. The minimum absolute atomic E-state index is 0.208. The molecule has 4 rings (SSSR count). The van der Waals surface area contributed by atoms with Gasteiger partial charge >= 0.3 is 0 Å². The Bertz CT molecular complexity index is 1100. The maximum absolute atomic E-state index is 12.6. The number of anilines is 1. The number of carbonyl (C=O) groups excluding carboxylic acids is 2. The number of fused-ring (bicyclic) bond motifs is 1. The topological polar surface area (TPSA) is 89.8 Å². The SMILES string of the molecule is Cc1cc(NC(=O)c2ccco2)sc1C(=O)NCCOc1cccc2c1OC(C)(C)C2. The molecule has 3 heterocycles. The van der Waals surface area contributed by atoms with E-state index in [0.29, 0.717) is 28.8 Å². The lowest BCUT2D eigenvalue weighted by atomic mass is 10.0. The van der Waals surface area contributed by atoms with Gasteiger partial charge in [0.2, 0.25) is 0 Å². The molecular formula is C23H24N2O5S. The lowest BCUT2D eigenvalue weighted by Crippen LogP contribution is -2.28. The van der Waals surface area contributed by atoms with Crippen molar-refractivity contribution in [3.8, 4) is 11.5 Å². The smallest absolute Gasteiger partial charge is 0.291 e.